The van der Waals surface area contributed by atoms with Crippen molar-refractivity contribution in [3.63, 3.8) is 0 Å². The molecule has 1 aromatic carbocycles. The SMILES string of the molecule is CCCC[C@H]1C[C@@]2(c3ccc(C(=O)OC)cc3)[C@@H]3C=CO[C@@H]3N2O1. The van der Waals surface area contributed by atoms with E-state index in [9.17, 15) is 4.79 Å². The number of fused-ring (bicyclic) bond motifs is 4. The fourth-order valence-corrected chi connectivity index (χ4v) is 4.24. The molecule has 3 heterocycles. The molecule has 5 nitrogen and oxygen atoms in total. The molecule has 0 aliphatic carbocycles. The molecular formula is C19H23NO4. The number of benzene rings is 1. The van der Waals surface area contributed by atoms with Crippen LogP contribution in [0.15, 0.2) is 36.6 Å². The zero-order valence-electron chi connectivity index (χ0n) is 14.1. The van der Waals surface area contributed by atoms with Crippen LogP contribution in [-0.2, 0) is 19.9 Å². The summed E-state index contributed by atoms with van der Waals surface area (Å²) in [6.45, 7) is 2.20. The molecule has 24 heavy (non-hydrogen) atoms. The number of carbonyl (C=O) groups is 1. The zero-order chi connectivity index (χ0) is 16.7. The number of ether oxygens (including phenoxy) is 2. The standard InChI is InChI=1S/C19H23NO4/c1-3-4-5-15-12-19(16-10-11-23-17(16)20(19)24-15)14-8-6-13(7-9-14)18(21)22-2/h6-11,15-17H,3-5,12H2,1-2H3/t15-,16+,17-,19+/m0/s1. The van der Waals surface area contributed by atoms with Crippen molar-refractivity contribution in [3.8, 4) is 0 Å². The van der Waals surface area contributed by atoms with Crippen LogP contribution in [0.2, 0.25) is 0 Å². The lowest BCUT2D eigenvalue weighted by molar-refractivity contribution is -0.344. The summed E-state index contributed by atoms with van der Waals surface area (Å²) in [7, 11) is 1.40. The number of hydrogen-bond acceptors (Lipinski definition) is 5. The highest BCUT2D eigenvalue weighted by Gasteiger charge is 2.68. The Labute approximate surface area is 142 Å². The summed E-state index contributed by atoms with van der Waals surface area (Å²) < 4.78 is 10.5. The monoisotopic (exact) mass is 329 g/mol. The highest BCUT2D eigenvalue weighted by atomic mass is 16.7. The van der Waals surface area contributed by atoms with E-state index in [1.54, 1.807) is 6.26 Å². The lowest BCUT2D eigenvalue weighted by atomic mass is 9.67. The van der Waals surface area contributed by atoms with E-state index in [2.05, 4.69) is 13.0 Å². The van der Waals surface area contributed by atoms with Gasteiger partial charge in [-0.2, -0.15) is 0 Å². The molecule has 5 heteroatoms. The third-order valence-corrected chi connectivity index (χ3v) is 5.47. The summed E-state index contributed by atoms with van der Waals surface area (Å²) in [4.78, 5) is 17.9. The number of hydroxylamine groups is 2. The smallest absolute Gasteiger partial charge is 0.337 e. The first kappa shape index (κ1) is 15.7. The number of unbranched alkanes of at least 4 members (excludes halogenated alkanes) is 1. The van der Waals surface area contributed by atoms with Crippen LogP contribution in [0.5, 0.6) is 0 Å². The van der Waals surface area contributed by atoms with E-state index in [-0.39, 0.29) is 23.8 Å². The van der Waals surface area contributed by atoms with E-state index in [4.69, 9.17) is 14.3 Å². The second-order valence-electron chi connectivity index (χ2n) is 6.77. The van der Waals surface area contributed by atoms with E-state index < -0.39 is 0 Å². The van der Waals surface area contributed by atoms with Crippen molar-refractivity contribution in [2.45, 2.75) is 50.5 Å². The summed E-state index contributed by atoms with van der Waals surface area (Å²) in [5.74, 6) is -0.0110. The number of methoxy groups -OCH3 is 1. The molecule has 0 saturated carbocycles. The molecule has 0 N–H and O–H groups in total. The van der Waals surface area contributed by atoms with Crippen molar-refractivity contribution in [2.24, 2.45) is 5.92 Å². The predicted octanol–water partition coefficient (Wildman–Crippen LogP) is 3.36. The maximum Gasteiger partial charge on any atom is 0.337 e. The van der Waals surface area contributed by atoms with E-state index in [0.717, 1.165) is 12.8 Å². The highest BCUT2D eigenvalue weighted by molar-refractivity contribution is 5.89. The first-order chi connectivity index (χ1) is 11.7. The summed E-state index contributed by atoms with van der Waals surface area (Å²) in [5.41, 5.74) is 1.57. The van der Waals surface area contributed by atoms with Gasteiger partial charge in [-0.3, -0.25) is 4.84 Å². The third-order valence-electron chi connectivity index (χ3n) is 5.47. The fraction of sp³-hybridized carbons (Fsp3) is 0.526. The van der Waals surface area contributed by atoms with Crippen molar-refractivity contribution in [2.75, 3.05) is 7.11 Å². The summed E-state index contributed by atoms with van der Waals surface area (Å²) in [6.07, 6.45) is 8.50. The molecule has 2 fully saturated rings. The Morgan fingerprint density at radius 1 is 1.38 bits per heavy atom. The van der Waals surface area contributed by atoms with Crippen molar-refractivity contribution in [1.82, 2.24) is 5.06 Å². The Bertz CT molecular complexity index is 656. The van der Waals surface area contributed by atoms with Crippen LogP contribution in [0.1, 0.15) is 48.5 Å². The van der Waals surface area contributed by atoms with Crippen molar-refractivity contribution >= 4 is 5.97 Å². The molecule has 3 aliphatic heterocycles. The van der Waals surface area contributed by atoms with Crippen LogP contribution in [0.4, 0.5) is 0 Å². The average molecular weight is 329 g/mol. The van der Waals surface area contributed by atoms with Crippen molar-refractivity contribution in [3.05, 3.63) is 47.7 Å². The predicted molar refractivity (Wildman–Crippen MR) is 87.8 cm³/mol. The molecular weight excluding hydrogens is 306 g/mol. The molecule has 0 unspecified atom stereocenters. The van der Waals surface area contributed by atoms with Crippen LogP contribution in [0, 0.1) is 5.92 Å². The van der Waals surface area contributed by atoms with Crippen LogP contribution < -0.4 is 0 Å². The number of rotatable bonds is 5. The number of nitrogens with zero attached hydrogens (tertiary/aromatic N) is 1. The molecule has 128 valence electrons. The summed E-state index contributed by atoms with van der Waals surface area (Å²) >= 11 is 0. The van der Waals surface area contributed by atoms with Gasteiger partial charge in [0.15, 0.2) is 6.23 Å². The van der Waals surface area contributed by atoms with Gasteiger partial charge in [0.2, 0.25) is 0 Å². The number of carbonyl (C=O) groups excluding carboxylic acids is 1. The van der Waals surface area contributed by atoms with E-state index in [1.807, 2.05) is 29.3 Å². The van der Waals surface area contributed by atoms with Crippen LogP contribution in [0.25, 0.3) is 0 Å². The Morgan fingerprint density at radius 3 is 2.88 bits per heavy atom. The van der Waals surface area contributed by atoms with Gasteiger partial charge >= 0.3 is 5.97 Å². The minimum absolute atomic E-state index is 0.0167. The minimum atomic E-state index is -0.310. The zero-order valence-corrected chi connectivity index (χ0v) is 14.1. The number of hydrogen-bond donors (Lipinski definition) is 0. The molecule has 0 spiro atoms. The van der Waals surface area contributed by atoms with Crippen molar-refractivity contribution < 1.29 is 19.1 Å². The number of esters is 1. The maximum absolute atomic E-state index is 11.7. The lowest BCUT2D eigenvalue weighted by Gasteiger charge is -2.54. The second-order valence-corrected chi connectivity index (χ2v) is 6.77. The molecule has 0 bridgehead atoms. The van der Waals surface area contributed by atoms with Gasteiger partial charge in [0.05, 0.1) is 36.5 Å². The normalized spacial score (nSPS) is 33.5. The van der Waals surface area contributed by atoms with Gasteiger partial charge in [-0.05, 0) is 30.2 Å². The Balaban J connectivity index is 1.63. The Morgan fingerprint density at radius 2 is 2.17 bits per heavy atom. The largest absolute Gasteiger partial charge is 0.480 e. The first-order valence-corrected chi connectivity index (χ1v) is 8.68. The Hall–Kier alpha value is -1.85. The molecule has 3 aliphatic rings. The maximum atomic E-state index is 11.7. The van der Waals surface area contributed by atoms with Gasteiger partial charge in [-0.15, -0.1) is 5.06 Å². The van der Waals surface area contributed by atoms with Gasteiger partial charge in [0, 0.05) is 6.42 Å². The van der Waals surface area contributed by atoms with Gasteiger partial charge in [0.25, 0.3) is 0 Å². The quantitative estimate of drug-likeness (QED) is 0.775. The van der Waals surface area contributed by atoms with Crippen LogP contribution >= 0.6 is 0 Å². The molecule has 0 radical (unpaired) electrons. The van der Waals surface area contributed by atoms with Crippen LogP contribution in [0.3, 0.4) is 0 Å². The van der Waals surface area contributed by atoms with E-state index >= 15 is 0 Å². The fourth-order valence-electron chi connectivity index (χ4n) is 4.24. The third kappa shape index (κ3) is 2.11. The van der Waals surface area contributed by atoms with Crippen LogP contribution in [-0.4, -0.2) is 30.5 Å². The van der Waals surface area contributed by atoms with Gasteiger partial charge < -0.3 is 9.47 Å². The minimum Gasteiger partial charge on any atom is -0.480 e. The summed E-state index contributed by atoms with van der Waals surface area (Å²) in [5, 5.41) is 2.03. The Kier molecular flexibility index (Phi) is 3.85. The van der Waals surface area contributed by atoms with Gasteiger partial charge in [-0.25, -0.2) is 4.79 Å². The van der Waals surface area contributed by atoms with E-state index in [1.165, 1.54) is 25.5 Å². The molecule has 2 saturated heterocycles. The topological polar surface area (TPSA) is 48.0 Å². The molecule has 0 aromatic heterocycles. The highest BCUT2D eigenvalue weighted by Crippen LogP contribution is 2.60. The molecule has 1 aromatic rings. The summed E-state index contributed by atoms with van der Waals surface area (Å²) in [6, 6.07) is 7.71. The van der Waals surface area contributed by atoms with E-state index in [0.29, 0.717) is 11.5 Å². The average Bonchev–Trinajstić information content (AvgIpc) is 3.19. The molecule has 4 atom stereocenters. The molecule has 0 amide bonds. The molecule has 4 rings (SSSR count). The second kappa shape index (κ2) is 5.90. The van der Waals surface area contributed by atoms with Gasteiger partial charge in [0.1, 0.15) is 0 Å². The lowest BCUT2D eigenvalue weighted by Crippen LogP contribution is -2.65. The first-order valence-electron chi connectivity index (χ1n) is 8.68. The van der Waals surface area contributed by atoms with Crippen molar-refractivity contribution in [1.29, 1.82) is 0 Å². The van der Waals surface area contributed by atoms with Gasteiger partial charge in [-0.1, -0.05) is 31.9 Å².